The molecule has 0 spiro atoms. The second kappa shape index (κ2) is 3.66. The molecule has 78 valence electrons. The largest absolute Gasteiger partial charge is 0.365 e. The zero-order chi connectivity index (χ0) is 10.8. The molecule has 3 rings (SSSR count). The minimum absolute atomic E-state index is 0.919. The Labute approximate surface area is 92.2 Å². The normalized spacial score (nSPS) is 14.6. The van der Waals surface area contributed by atoms with Gasteiger partial charge in [-0.1, -0.05) is 17.3 Å². The topological polar surface area (TPSA) is 39.4 Å². The van der Waals surface area contributed by atoms with E-state index in [2.05, 4.69) is 10.1 Å². The van der Waals surface area contributed by atoms with Crippen LogP contribution in [0.15, 0.2) is 54.2 Å². The minimum atomic E-state index is 0.919. The van der Waals surface area contributed by atoms with Gasteiger partial charge in [0.05, 0.1) is 22.9 Å². The smallest absolute Gasteiger partial charge is 0.122 e. The number of hydrogen-bond acceptors (Lipinski definition) is 3. The fourth-order valence-electron chi connectivity index (χ4n) is 1.64. The summed E-state index contributed by atoms with van der Waals surface area (Å²) in [6, 6.07) is 7.96. The zero-order valence-electron chi connectivity index (χ0n) is 8.45. The van der Waals surface area contributed by atoms with Crippen molar-refractivity contribution in [3.63, 3.8) is 0 Å². The highest BCUT2D eigenvalue weighted by Crippen LogP contribution is 2.16. The van der Waals surface area contributed by atoms with E-state index in [4.69, 9.17) is 4.84 Å². The molecule has 1 aromatic carbocycles. The van der Waals surface area contributed by atoms with Gasteiger partial charge >= 0.3 is 0 Å². The van der Waals surface area contributed by atoms with Gasteiger partial charge in [-0.3, -0.25) is 4.57 Å². The number of para-hydroxylation sites is 2. The summed E-state index contributed by atoms with van der Waals surface area (Å²) in [5.41, 5.74) is 2.93. The summed E-state index contributed by atoms with van der Waals surface area (Å²) in [6.45, 7) is 0. The molecule has 0 amide bonds. The van der Waals surface area contributed by atoms with Crippen molar-refractivity contribution >= 4 is 22.9 Å². The number of hydrogen-bond donors (Lipinski definition) is 0. The van der Waals surface area contributed by atoms with Crippen LogP contribution in [0.25, 0.3) is 16.7 Å². The maximum Gasteiger partial charge on any atom is 0.122 e. The molecule has 0 bridgehead atoms. The minimum Gasteiger partial charge on any atom is -0.365 e. The first-order chi connectivity index (χ1) is 7.95. The number of fused-ring (bicyclic) bond motifs is 1. The second-order valence-electron chi connectivity index (χ2n) is 3.36. The maximum absolute atomic E-state index is 4.84. The summed E-state index contributed by atoms with van der Waals surface area (Å²) in [4.78, 5) is 9.16. The molecule has 0 unspecified atom stereocenters. The SMILES string of the molecule is C1=CON=CC(n2cnc3ccccc32)=C1. The van der Waals surface area contributed by atoms with Gasteiger partial charge < -0.3 is 4.84 Å². The number of imidazole rings is 1. The van der Waals surface area contributed by atoms with Crippen LogP contribution < -0.4 is 0 Å². The zero-order valence-corrected chi connectivity index (χ0v) is 8.45. The summed E-state index contributed by atoms with van der Waals surface area (Å²) < 4.78 is 1.97. The van der Waals surface area contributed by atoms with Gasteiger partial charge in [-0.25, -0.2) is 4.98 Å². The predicted octanol–water partition coefficient (Wildman–Crippen LogP) is 2.41. The van der Waals surface area contributed by atoms with E-state index >= 15 is 0 Å². The van der Waals surface area contributed by atoms with Crippen LogP contribution in [-0.4, -0.2) is 15.8 Å². The van der Waals surface area contributed by atoms with Gasteiger partial charge in [0.15, 0.2) is 0 Å². The summed E-state index contributed by atoms with van der Waals surface area (Å²) in [5.74, 6) is 0. The van der Waals surface area contributed by atoms with Crippen LogP contribution in [0.3, 0.4) is 0 Å². The Morgan fingerprint density at radius 3 is 3.12 bits per heavy atom. The highest BCUT2D eigenvalue weighted by atomic mass is 16.6. The Morgan fingerprint density at radius 2 is 2.12 bits per heavy atom. The summed E-state index contributed by atoms with van der Waals surface area (Å²) in [6.07, 6.45) is 8.69. The number of allylic oxidation sites excluding steroid dienone is 3. The molecular formula is C12H9N3O. The third-order valence-electron chi connectivity index (χ3n) is 2.38. The van der Waals surface area contributed by atoms with E-state index in [1.54, 1.807) is 18.6 Å². The van der Waals surface area contributed by atoms with E-state index < -0.39 is 0 Å². The fourth-order valence-corrected chi connectivity index (χ4v) is 1.64. The Morgan fingerprint density at radius 1 is 1.19 bits per heavy atom. The lowest BCUT2D eigenvalue weighted by atomic mass is 10.3. The van der Waals surface area contributed by atoms with Crippen molar-refractivity contribution in [2.45, 2.75) is 0 Å². The number of rotatable bonds is 1. The van der Waals surface area contributed by atoms with Gasteiger partial charge in [0, 0.05) is 0 Å². The Kier molecular flexibility index (Phi) is 2.04. The van der Waals surface area contributed by atoms with Crippen LogP contribution in [0.5, 0.6) is 0 Å². The highest BCUT2D eigenvalue weighted by Gasteiger charge is 2.04. The monoisotopic (exact) mass is 211 g/mol. The lowest BCUT2D eigenvalue weighted by molar-refractivity contribution is 0.271. The van der Waals surface area contributed by atoms with Gasteiger partial charge in [0.25, 0.3) is 0 Å². The van der Waals surface area contributed by atoms with Crippen molar-refractivity contribution in [3.05, 3.63) is 49.0 Å². The predicted molar refractivity (Wildman–Crippen MR) is 62.7 cm³/mol. The molecule has 1 aliphatic rings. The van der Waals surface area contributed by atoms with E-state index in [1.165, 1.54) is 6.26 Å². The van der Waals surface area contributed by atoms with Crippen molar-refractivity contribution in [2.24, 2.45) is 5.16 Å². The van der Waals surface area contributed by atoms with Crippen molar-refractivity contribution in [2.75, 3.05) is 0 Å². The molecule has 0 saturated carbocycles. The van der Waals surface area contributed by atoms with E-state index in [1.807, 2.05) is 34.9 Å². The molecule has 4 heteroatoms. The molecule has 0 N–H and O–H groups in total. The molecule has 0 radical (unpaired) electrons. The van der Waals surface area contributed by atoms with Crippen molar-refractivity contribution in [1.82, 2.24) is 9.55 Å². The molecule has 2 aromatic rings. The molecule has 0 saturated heterocycles. The van der Waals surface area contributed by atoms with Crippen LogP contribution in [0, 0.1) is 0 Å². The maximum atomic E-state index is 4.84. The van der Waals surface area contributed by atoms with Gasteiger partial charge in [-0.2, -0.15) is 0 Å². The molecular weight excluding hydrogens is 202 g/mol. The van der Waals surface area contributed by atoms with Crippen molar-refractivity contribution in [3.8, 4) is 0 Å². The van der Waals surface area contributed by atoms with E-state index in [0.29, 0.717) is 0 Å². The average Bonchev–Trinajstić information content (AvgIpc) is 2.57. The van der Waals surface area contributed by atoms with Crippen LogP contribution >= 0.6 is 0 Å². The number of benzene rings is 1. The first kappa shape index (κ1) is 8.91. The second-order valence-corrected chi connectivity index (χ2v) is 3.36. The fraction of sp³-hybridized carbons (Fsp3) is 0. The number of nitrogens with zero attached hydrogens (tertiary/aromatic N) is 3. The van der Waals surface area contributed by atoms with Gasteiger partial charge in [-0.15, -0.1) is 0 Å². The van der Waals surface area contributed by atoms with Crippen LogP contribution in [-0.2, 0) is 4.84 Å². The summed E-state index contributed by atoms with van der Waals surface area (Å²) in [5, 5.41) is 3.79. The van der Waals surface area contributed by atoms with E-state index in [9.17, 15) is 0 Å². The summed E-state index contributed by atoms with van der Waals surface area (Å²) in [7, 11) is 0. The molecule has 16 heavy (non-hydrogen) atoms. The quantitative estimate of drug-likeness (QED) is 0.726. The summed E-state index contributed by atoms with van der Waals surface area (Å²) >= 11 is 0. The van der Waals surface area contributed by atoms with Crippen molar-refractivity contribution in [1.29, 1.82) is 0 Å². The molecule has 0 fully saturated rings. The van der Waals surface area contributed by atoms with Gasteiger partial charge in [0.2, 0.25) is 0 Å². The molecule has 4 nitrogen and oxygen atoms in total. The highest BCUT2D eigenvalue weighted by molar-refractivity contribution is 6.05. The first-order valence-electron chi connectivity index (χ1n) is 4.94. The van der Waals surface area contributed by atoms with Crippen LogP contribution in [0.2, 0.25) is 0 Å². The number of oxime groups is 1. The first-order valence-corrected chi connectivity index (χ1v) is 4.94. The lowest BCUT2D eigenvalue weighted by Crippen LogP contribution is -1.95. The third-order valence-corrected chi connectivity index (χ3v) is 2.38. The Balaban J connectivity index is 2.19. The molecule has 1 aliphatic heterocycles. The molecule has 0 aliphatic carbocycles. The van der Waals surface area contributed by atoms with Crippen molar-refractivity contribution < 1.29 is 4.84 Å². The van der Waals surface area contributed by atoms with E-state index in [0.717, 1.165) is 16.7 Å². The number of aromatic nitrogens is 2. The van der Waals surface area contributed by atoms with Gasteiger partial charge in [0.1, 0.15) is 12.6 Å². The Bertz CT molecular complexity index is 608. The standard InChI is InChI=1S/C12H9N3O/c1-2-6-12-11(5-1)13-9-15(12)10-4-3-7-16-14-8-10/h1-9H. The Hall–Kier alpha value is -2.36. The molecule has 2 heterocycles. The average molecular weight is 211 g/mol. The molecule has 0 atom stereocenters. The lowest BCUT2D eigenvalue weighted by Gasteiger charge is -2.02. The molecule has 1 aromatic heterocycles. The van der Waals surface area contributed by atoms with E-state index in [-0.39, 0.29) is 0 Å². The van der Waals surface area contributed by atoms with Crippen LogP contribution in [0.1, 0.15) is 0 Å². The van der Waals surface area contributed by atoms with Gasteiger partial charge in [-0.05, 0) is 24.3 Å². The third kappa shape index (κ3) is 1.40. The van der Waals surface area contributed by atoms with Crippen LogP contribution in [0.4, 0.5) is 0 Å².